The van der Waals surface area contributed by atoms with Crippen molar-refractivity contribution in [3.05, 3.63) is 0 Å². The van der Waals surface area contributed by atoms with Gasteiger partial charge >= 0.3 is 0 Å². The fourth-order valence-corrected chi connectivity index (χ4v) is 2.28. The largest absolute Gasteiger partial charge is 0.341 e. The molecule has 120 valence electrons. The van der Waals surface area contributed by atoms with Gasteiger partial charge < -0.3 is 15.5 Å². The minimum atomic E-state index is -0.419. The first-order chi connectivity index (χ1) is 9.34. The second kappa shape index (κ2) is 9.35. The molecule has 1 atom stereocenters. The summed E-state index contributed by atoms with van der Waals surface area (Å²) in [7, 11) is 0. The first-order valence-corrected chi connectivity index (χ1v) is 8.06. The molecule has 0 aromatic rings. The Balaban J connectivity index is 4.82. The highest BCUT2D eigenvalue weighted by Gasteiger charge is 2.33. The highest BCUT2D eigenvalue weighted by atomic mass is 16.2. The Labute approximate surface area is 125 Å². The summed E-state index contributed by atoms with van der Waals surface area (Å²) >= 11 is 0. The van der Waals surface area contributed by atoms with Crippen molar-refractivity contribution in [2.45, 2.75) is 48.0 Å². The maximum atomic E-state index is 12.8. The summed E-state index contributed by atoms with van der Waals surface area (Å²) in [6, 6.07) is 0. The number of amides is 1. The van der Waals surface area contributed by atoms with Crippen LogP contribution in [0.15, 0.2) is 0 Å². The highest BCUT2D eigenvalue weighted by Crippen LogP contribution is 2.23. The molecule has 0 radical (unpaired) electrons. The average molecular weight is 285 g/mol. The second-order valence-corrected chi connectivity index (χ2v) is 6.29. The van der Waals surface area contributed by atoms with Crippen LogP contribution in [0.2, 0.25) is 0 Å². The van der Waals surface area contributed by atoms with Crippen LogP contribution in [0.25, 0.3) is 0 Å². The Morgan fingerprint density at radius 1 is 1.15 bits per heavy atom. The molecule has 0 aromatic heterocycles. The lowest BCUT2D eigenvalue weighted by molar-refractivity contribution is -0.141. The van der Waals surface area contributed by atoms with Crippen molar-refractivity contribution in [3.63, 3.8) is 0 Å². The Hall–Kier alpha value is -0.610. The van der Waals surface area contributed by atoms with Crippen LogP contribution < -0.4 is 5.73 Å². The van der Waals surface area contributed by atoms with Crippen LogP contribution in [0.5, 0.6) is 0 Å². The molecule has 0 aliphatic carbocycles. The lowest BCUT2D eigenvalue weighted by Crippen LogP contribution is -2.49. The molecule has 2 N–H and O–H groups in total. The molecular weight excluding hydrogens is 250 g/mol. The number of likely N-dealkylation sites (N-methyl/N-ethyl adjacent to an activating group) is 1. The van der Waals surface area contributed by atoms with Crippen molar-refractivity contribution < 1.29 is 4.79 Å². The van der Waals surface area contributed by atoms with Gasteiger partial charge in [-0.3, -0.25) is 4.79 Å². The summed E-state index contributed by atoms with van der Waals surface area (Å²) in [5, 5.41) is 0. The van der Waals surface area contributed by atoms with Gasteiger partial charge in [-0.05, 0) is 32.4 Å². The number of rotatable bonds is 10. The summed E-state index contributed by atoms with van der Waals surface area (Å²) < 4.78 is 0. The number of carbonyl (C=O) groups excluding carboxylic acids is 1. The summed E-state index contributed by atoms with van der Waals surface area (Å²) in [6.45, 7) is 17.7. The predicted octanol–water partition coefficient (Wildman–Crippen LogP) is 2.19. The molecule has 0 rings (SSSR count). The maximum Gasteiger partial charge on any atom is 0.229 e. The van der Waals surface area contributed by atoms with Crippen LogP contribution in [0.4, 0.5) is 0 Å². The predicted molar refractivity (Wildman–Crippen MR) is 86.7 cm³/mol. The molecular formula is C16H35N3O. The number of nitrogens with zero attached hydrogens (tertiary/aromatic N) is 2. The first-order valence-electron chi connectivity index (χ1n) is 8.06. The van der Waals surface area contributed by atoms with Crippen LogP contribution in [0.1, 0.15) is 48.0 Å². The van der Waals surface area contributed by atoms with E-state index < -0.39 is 5.41 Å². The standard InChI is InChI=1S/C16H35N3O/c1-7-16(6,13-17)15(20)19(12-14(4)5)11-10-18(8-2)9-3/h14H,7-13,17H2,1-6H3. The molecule has 1 amide bonds. The van der Waals surface area contributed by atoms with Crippen LogP contribution in [0, 0.1) is 11.3 Å². The number of carbonyl (C=O) groups is 1. The Morgan fingerprint density at radius 3 is 2.05 bits per heavy atom. The SMILES string of the molecule is CCN(CC)CCN(CC(C)C)C(=O)C(C)(CC)CN. The Bertz CT molecular complexity index is 271. The van der Waals surface area contributed by atoms with Crippen LogP contribution in [-0.4, -0.2) is 55.0 Å². The normalized spacial score (nSPS) is 14.7. The van der Waals surface area contributed by atoms with E-state index in [0.717, 1.165) is 39.1 Å². The molecule has 4 nitrogen and oxygen atoms in total. The summed E-state index contributed by atoms with van der Waals surface area (Å²) in [4.78, 5) is 17.1. The lowest BCUT2D eigenvalue weighted by Gasteiger charge is -2.35. The van der Waals surface area contributed by atoms with Crippen molar-refractivity contribution in [2.75, 3.05) is 39.3 Å². The van der Waals surface area contributed by atoms with E-state index in [4.69, 9.17) is 5.73 Å². The van der Waals surface area contributed by atoms with Gasteiger partial charge in [-0.25, -0.2) is 0 Å². The molecule has 4 heteroatoms. The van der Waals surface area contributed by atoms with Gasteiger partial charge in [0.1, 0.15) is 0 Å². The Morgan fingerprint density at radius 2 is 1.70 bits per heavy atom. The van der Waals surface area contributed by atoms with Gasteiger partial charge in [0.05, 0.1) is 5.41 Å². The van der Waals surface area contributed by atoms with Crippen LogP contribution >= 0.6 is 0 Å². The average Bonchev–Trinajstić information content (AvgIpc) is 2.44. The summed E-state index contributed by atoms with van der Waals surface area (Å²) in [5.74, 6) is 0.692. The smallest absolute Gasteiger partial charge is 0.229 e. The van der Waals surface area contributed by atoms with E-state index in [-0.39, 0.29) is 5.91 Å². The summed E-state index contributed by atoms with van der Waals surface area (Å²) in [6.07, 6.45) is 0.794. The molecule has 0 spiro atoms. The van der Waals surface area contributed by atoms with Crippen molar-refractivity contribution >= 4 is 5.91 Å². The van der Waals surface area contributed by atoms with Crippen LogP contribution in [-0.2, 0) is 4.79 Å². The molecule has 0 aliphatic heterocycles. The fourth-order valence-electron chi connectivity index (χ4n) is 2.28. The highest BCUT2D eigenvalue weighted by molar-refractivity contribution is 5.82. The molecule has 0 saturated heterocycles. The van der Waals surface area contributed by atoms with Gasteiger partial charge in [-0.1, -0.05) is 34.6 Å². The minimum Gasteiger partial charge on any atom is -0.341 e. The third kappa shape index (κ3) is 5.80. The fraction of sp³-hybridized carbons (Fsp3) is 0.938. The lowest BCUT2D eigenvalue weighted by atomic mass is 9.85. The zero-order chi connectivity index (χ0) is 15.8. The minimum absolute atomic E-state index is 0.211. The van der Waals surface area contributed by atoms with E-state index in [1.54, 1.807) is 0 Å². The van der Waals surface area contributed by atoms with E-state index in [9.17, 15) is 4.79 Å². The van der Waals surface area contributed by atoms with Crippen molar-refractivity contribution in [1.82, 2.24) is 9.80 Å². The molecule has 0 heterocycles. The molecule has 0 aromatic carbocycles. The molecule has 0 fully saturated rings. The van der Waals surface area contributed by atoms with Crippen molar-refractivity contribution in [1.29, 1.82) is 0 Å². The van der Waals surface area contributed by atoms with Gasteiger partial charge in [0.25, 0.3) is 0 Å². The van der Waals surface area contributed by atoms with Gasteiger partial charge in [0.15, 0.2) is 0 Å². The number of hydrogen-bond acceptors (Lipinski definition) is 3. The summed E-state index contributed by atoms with van der Waals surface area (Å²) in [5.41, 5.74) is 5.42. The molecule has 20 heavy (non-hydrogen) atoms. The van der Waals surface area contributed by atoms with Gasteiger partial charge in [-0.15, -0.1) is 0 Å². The molecule has 1 unspecified atom stereocenters. The zero-order valence-electron chi connectivity index (χ0n) is 14.4. The van der Waals surface area contributed by atoms with E-state index >= 15 is 0 Å². The van der Waals surface area contributed by atoms with Crippen LogP contribution in [0.3, 0.4) is 0 Å². The zero-order valence-corrected chi connectivity index (χ0v) is 14.4. The third-order valence-electron chi connectivity index (χ3n) is 4.20. The van der Waals surface area contributed by atoms with E-state index in [1.807, 2.05) is 18.7 Å². The van der Waals surface area contributed by atoms with Gasteiger partial charge in [-0.2, -0.15) is 0 Å². The van der Waals surface area contributed by atoms with Gasteiger partial charge in [0.2, 0.25) is 5.91 Å². The third-order valence-corrected chi connectivity index (χ3v) is 4.20. The van der Waals surface area contributed by atoms with Gasteiger partial charge in [0, 0.05) is 26.2 Å². The van der Waals surface area contributed by atoms with E-state index in [0.29, 0.717) is 12.5 Å². The number of nitrogens with two attached hydrogens (primary N) is 1. The molecule has 0 aliphatic rings. The quantitative estimate of drug-likeness (QED) is 0.669. The molecule has 0 saturated carbocycles. The topological polar surface area (TPSA) is 49.6 Å². The van der Waals surface area contributed by atoms with Crippen molar-refractivity contribution in [3.8, 4) is 0 Å². The van der Waals surface area contributed by atoms with Crippen molar-refractivity contribution in [2.24, 2.45) is 17.1 Å². The first kappa shape index (κ1) is 19.4. The second-order valence-electron chi connectivity index (χ2n) is 6.29. The van der Waals surface area contributed by atoms with E-state index in [1.165, 1.54) is 0 Å². The van der Waals surface area contributed by atoms with E-state index in [2.05, 4.69) is 32.6 Å². The number of hydrogen-bond donors (Lipinski definition) is 1. The Kier molecular flexibility index (Phi) is 9.06. The molecule has 0 bridgehead atoms. The maximum absolute atomic E-state index is 12.8. The monoisotopic (exact) mass is 285 g/mol.